The van der Waals surface area contributed by atoms with Crippen molar-refractivity contribution in [1.29, 1.82) is 0 Å². The van der Waals surface area contributed by atoms with E-state index in [2.05, 4.69) is 5.32 Å². The molecule has 0 aliphatic heterocycles. The number of hydrogen-bond donors (Lipinski definition) is 2. The van der Waals surface area contributed by atoms with Crippen molar-refractivity contribution in [1.82, 2.24) is 5.32 Å². The highest BCUT2D eigenvalue weighted by Gasteiger charge is 2.10. The number of aryl methyl sites for hydroxylation is 1. The minimum atomic E-state index is -0.201. The minimum absolute atomic E-state index is 0.0390. The number of amides is 1. The summed E-state index contributed by atoms with van der Waals surface area (Å²) in [5.74, 6) is -0.0390. The average Bonchev–Trinajstić information content (AvgIpc) is 2.35. The Labute approximate surface area is 102 Å². The average molecular weight is 236 g/mol. The van der Waals surface area contributed by atoms with Crippen molar-refractivity contribution in [3.05, 3.63) is 35.4 Å². The van der Waals surface area contributed by atoms with Crippen LogP contribution in [0.5, 0.6) is 0 Å². The van der Waals surface area contributed by atoms with Crippen LogP contribution in [0.15, 0.2) is 24.3 Å². The Morgan fingerprint density at radius 2 is 2.06 bits per heavy atom. The van der Waals surface area contributed by atoms with Crippen LogP contribution >= 0.6 is 0 Å². The van der Waals surface area contributed by atoms with Crippen molar-refractivity contribution < 1.29 is 9.53 Å². The largest absolute Gasteiger partial charge is 0.380 e. The van der Waals surface area contributed by atoms with E-state index in [1.807, 2.05) is 31.2 Å². The molecule has 0 radical (unpaired) electrons. The first-order valence-corrected chi connectivity index (χ1v) is 5.70. The molecule has 0 aliphatic rings. The molecule has 1 rings (SSSR count). The number of nitrogens with two attached hydrogens (primary N) is 1. The lowest BCUT2D eigenvalue weighted by molar-refractivity contribution is -0.123. The molecule has 4 heteroatoms. The van der Waals surface area contributed by atoms with Gasteiger partial charge in [-0.25, -0.2) is 0 Å². The van der Waals surface area contributed by atoms with Crippen LogP contribution in [0.2, 0.25) is 0 Å². The van der Waals surface area contributed by atoms with Gasteiger partial charge in [-0.15, -0.1) is 0 Å². The Hall–Kier alpha value is -1.39. The monoisotopic (exact) mass is 236 g/mol. The zero-order valence-corrected chi connectivity index (χ0v) is 10.4. The Kier molecular flexibility index (Phi) is 5.66. The molecule has 0 aromatic heterocycles. The molecule has 0 fully saturated rings. The Morgan fingerprint density at radius 1 is 1.41 bits per heavy atom. The van der Waals surface area contributed by atoms with Gasteiger partial charge in [-0.2, -0.15) is 0 Å². The molecule has 0 spiro atoms. The lowest BCUT2D eigenvalue weighted by Crippen LogP contribution is -2.31. The second kappa shape index (κ2) is 7.04. The van der Waals surface area contributed by atoms with Crippen LogP contribution in [0.25, 0.3) is 0 Å². The van der Waals surface area contributed by atoms with E-state index in [1.165, 1.54) is 5.56 Å². The molecular formula is C13H20N2O2. The van der Waals surface area contributed by atoms with Gasteiger partial charge in [0, 0.05) is 20.2 Å². The molecule has 1 aromatic carbocycles. The van der Waals surface area contributed by atoms with Gasteiger partial charge in [-0.1, -0.05) is 29.8 Å². The summed E-state index contributed by atoms with van der Waals surface area (Å²) in [7, 11) is 1.56. The molecule has 94 valence electrons. The minimum Gasteiger partial charge on any atom is -0.380 e. The van der Waals surface area contributed by atoms with Crippen LogP contribution in [0.1, 0.15) is 17.5 Å². The number of benzene rings is 1. The van der Waals surface area contributed by atoms with Gasteiger partial charge in [0.15, 0.2) is 0 Å². The number of methoxy groups -OCH3 is 1. The number of carbonyl (C=O) groups is 1. The molecule has 0 bridgehead atoms. The van der Waals surface area contributed by atoms with E-state index in [0.29, 0.717) is 19.5 Å². The molecule has 1 unspecified atom stereocenters. The van der Waals surface area contributed by atoms with Gasteiger partial charge in [0.05, 0.1) is 12.5 Å². The zero-order valence-electron chi connectivity index (χ0n) is 10.4. The summed E-state index contributed by atoms with van der Waals surface area (Å²) in [4.78, 5) is 11.6. The maximum Gasteiger partial charge on any atom is 0.222 e. The van der Waals surface area contributed by atoms with Gasteiger partial charge in [0.1, 0.15) is 0 Å². The van der Waals surface area contributed by atoms with Crippen molar-refractivity contribution in [2.45, 2.75) is 26.0 Å². The van der Waals surface area contributed by atoms with Crippen molar-refractivity contribution in [2.24, 2.45) is 5.73 Å². The molecule has 0 saturated heterocycles. The molecule has 17 heavy (non-hydrogen) atoms. The zero-order chi connectivity index (χ0) is 12.7. The standard InChI is InChI=1S/C13H20N2O2/c1-10-3-5-11(6-4-10)9-15-13(16)7-12(8-14)17-2/h3-6,12H,7-9,14H2,1-2H3,(H,15,16). The van der Waals surface area contributed by atoms with Crippen LogP contribution in [0, 0.1) is 6.92 Å². The summed E-state index contributed by atoms with van der Waals surface area (Å²) < 4.78 is 5.05. The van der Waals surface area contributed by atoms with E-state index in [4.69, 9.17) is 10.5 Å². The number of hydrogen-bond acceptors (Lipinski definition) is 3. The predicted molar refractivity (Wildman–Crippen MR) is 67.5 cm³/mol. The summed E-state index contributed by atoms with van der Waals surface area (Å²) >= 11 is 0. The first-order valence-electron chi connectivity index (χ1n) is 5.70. The van der Waals surface area contributed by atoms with Crippen LogP contribution in [0.4, 0.5) is 0 Å². The molecule has 0 aliphatic carbocycles. The number of carbonyl (C=O) groups excluding carboxylic acids is 1. The molecular weight excluding hydrogens is 216 g/mol. The van der Waals surface area contributed by atoms with Gasteiger partial charge in [0.2, 0.25) is 5.91 Å². The summed E-state index contributed by atoms with van der Waals surface area (Å²) in [6.07, 6.45) is 0.104. The number of nitrogens with one attached hydrogen (secondary N) is 1. The maximum absolute atomic E-state index is 11.6. The van der Waals surface area contributed by atoms with Crippen molar-refractivity contribution in [3.63, 3.8) is 0 Å². The Bertz CT molecular complexity index is 345. The molecule has 0 saturated carbocycles. The number of rotatable bonds is 6. The van der Waals surface area contributed by atoms with Crippen LogP contribution in [-0.4, -0.2) is 25.7 Å². The van der Waals surface area contributed by atoms with Gasteiger partial charge in [-0.3, -0.25) is 4.79 Å². The summed E-state index contributed by atoms with van der Waals surface area (Å²) in [6, 6.07) is 8.07. The molecule has 1 amide bonds. The van der Waals surface area contributed by atoms with Crippen molar-refractivity contribution >= 4 is 5.91 Å². The summed E-state index contributed by atoms with van der Waals surface area (Å²) in [5, 5.41) is 2.84. The van der Waals surface area contributed by atoms with E-state index in [9.17, 15) is 4.79 Å². The van der Waals surface area contributed by atoms with Gasteiger partial charge in [-0.05, 0) is 12.5 Å². The van der Waals surface area contributed by atoms with Gasteiger partial charge in [0.25, 0.3) is 0 Å². The fourth-order valence-corrected chi connectivity index (χ4v) is 1.45. The normalized spacial score (nSPS) is 12.2. The Balaban J connectivity index is 2.35. The lowest BCUT2D eigenvalue weighted by atomic mass is 10.1. The third-order valence-electron chi connectivity index (χ3n) is 2.62. The van der Waals surface area contributed by atoms with Gasteiger partial charge < -0.3 is 15.8 Å². The van der Waals surface area contributed by atoms with Crippen LogP contribution in [0.3, 0.4) is 0 Å². The third-order valence-corrected chi connectivity index (χ3v) is 2.62. The van der Waals surface area contributed by atoms with E-state index in [-0.39, 0.29) is 12.0 Å². The van der Waals surface area contributed by atoms with E-state index >= 15 is 0 Å². The van der Waals surface area contributed by atoms with E-state index in [0.717, 1.165) is 5.56 Å². The second-order valence-electron chi connectivity index (χ2n) is 4.06. The highest BCUT2D eigenvalue weighted by atomic mass is 16.5. The molecule has 3 N–H and O–H groups in total. The third kappa shape index (κ3) is 4.97. The number of ether oxygens (including phenoxy) is 1. The SMILES string of the molecule is COC(CN)CC(=O)NCc1ccc(C)cc1. The fraction of sp³-hybridized carbons (Fsp3) is 0.462. The first-order chi connectivity index (χ1) is 8.15. The first kappa shape index (κ1) is 13.7. The molecule has 0 heterocycles. The fourth-order valence-electron chi connectivity index (χ4n) is 1.45. The topological polar surface area (TPSA) is 64.3 Å². The quantitative estimate of drug-likeness (QED) is 0.773. The Morgan fingerprint density at radius 3 is 2.59 bits per heavy atom. The van der Waals surface area contributed by atoms with Crippen molar-refractivity contribution in [3.8, 4) is 0 Å². The van der Waals surface area contributed by atoms with Crippen LogP contribution < -0.4 is 11.1 Å². The summed E-state index contributed by atoms with van der Waals surface area (Å²) in [6.45, 7) is 2.93. The van der Waals surface area contributed by atoms with E-state index < -0.39 is 0 Å². The maximum atomic E-state index is 11.6. The van der Waals surface area contributed by atoms with Crippen molar-refractivity contribution in [2.75, 3.05) is 13.7 Å². The van der Waals surface area contributed by atoms with E-state index in [1.54, 1.807) is 7.11 Å². The van der Waals surface area contributed by atoms with Gasteiger partial charge >= 0.3 is 0 Å². The smallest absolute Gasteiger partial charge is 0.222 e. The van der Waals surface area contributed by atoms with Crippen LogP contribution in [-0.2, 0) is 16.1 Å². The highest BCUT2D eigenvalue weighted by Crippen LogP contribution is 2.03. The lowest BCUT2D eigenvalue weighted by Gasteiger charge is -2.12. The second-order valence-corrected chi connectivity index (χ2v) is 4.06. The predicted octanol–water partition coefficient (Wildman–Crippen LogP) is 0.975. The summed E-state index contributed by atoms with van der Waals surface area (Å²) in [5.41, 5.74) is 7.75. The highest BCUT2D eigenvalue weighted by molar-refractivity contribution is 5.76. The molecule has 4 nitrogen and oxygen atoms in total. The molecule has 1 aromatic rings. The molecule has 1 atom stereocenters.